The van der Waals surface area contributed by atoms with Crippen molar-refractivity contribution < 1.29 is 14.7 Å². The van der Waals surface area contributed by atoms with Gasteiger partial charge < -0.3 is 10.0 Å². The Morgan fingerprint density at radius 2 is 1.80 bits per heavy atom. The summed E-state index contributed by atoms with van der Waals surface area (Å²) in [5.41, 5.74) is 5.07. The molecule has 0 aliphatic rings. The summed E-state index contributed by atoms with van der Waals surface area (Å²) in [7, 11) is 1.90. The van der Waals surface area contributed by atoms with E-state index in [0.29, 0.717) is 13.1 Å². The van der Waals surface area contributed by atoms with Crippen molar-refractivity contribution in [3.8, 4) is 0 Å². The SMILES string of the molecule is CC(=O)c1c(C)cc(C)c(CN(C)CCC(=O)O)c1C. The number of carbonyl (C=O) groups is 2. The molecular formula is C16H23NO3. The molecule has 0 amide bonds. The molecule has 4 nitrogen and oxygen atoms in total. The van der Waals surface area contributed by atoms with Crippen LogP contribution in [0.2, 0.25) is 0 Å². The van der Waals surface area contributed by atoms with Crippen LogP contribution in [0.25, 0.3) is 0 Å². The number of rotatable bonds is 6. The largest absolute Gasteiger partial charge is 0.481 e. The van der Waals surface area contributed by atoms with Crippen LogP contribution in [-0.2, 0) is 11.3 Å². The molecule has 1 aromatic rings. The number of nitrogens with zero attached hydrogens (tertiary/aromatic N) is 1. The maximum absolute atomic E-state index is 11.8. The number of ketones is 1. The summed E-state index contributed by atoms with van der Waals surface area (Å²) in [6.07, 6.45) is 0.125. The third-order valence-corrected chi connectivity index (χ3v) is 3.62. The molecule has 1 rings (SSSR count). The van der Waals surface area contributed by atoms with E-state index in [2.05, 4.69) is 0 Å². The number of carbonyl (C=O) groups excluding carboxylic acids is 1. The summed E-state index contributed by atoms with van der Waals surface area (Å²) in [6.45, 7) is 8.70. The van der Waals surface area contributed by atoms with Crippen molar-refractivity contribution in [2.45, 2.75) is 40.7 Å². The van der Waals surface area contributed by atoms with Crippen molar-refractivity contribution in [1.82, 2.24) is 4.90 Å². The van der Waals surface area contributed by atoms with E-state index in [4.69, 9.17) is 5.11 Å². The van der Waals surface area contributed by atoms with Crippen molar-refractivity contribution in [3.63, 3.8) is 0 Å². The van der Waals surface area contributed by atoms with Crippen molar-refractivity contribution >= 4 is 11.8 Å². The number of aryl methyl sites for hydroxylation is 2. The van der Waals surface area contributed by atoms with Gasteiger partial charge in [-0.1, -0.05) is 6.07 Å². The molecule has 0 fully saturated rings. The second-order valence-corrected chi connectivity index (χ2v) is 5.43. The van der Waals surface area contributed by atoms with Gasteiger partial charge in [-0.15, -0.1) is 0 Å². The van der Waals surface area contributed by atoms with Gasteiger partial charge in [-0.05, 0) is 57.0 Å². The Hall–Kier alpha value is -1.68. The second kappa shape index (κ2) is 6.66. The Bertz CT molecular complexity index is 535. The zero-order chi connectivity index (χ0) is 15.4. The van der Waals surface area contributed by atoms with Crippen LogP contribution in [0.15, 0.2) is 6.07 Å². The predicted molar refractivity (Wildman–Crippen MR) is 79.2 cm³/mol. The maximum atomic E-state index is 11.8. The van der Waals surface area contributed by atoms with Crippen LogP contribution in [0, 0.1) is 20.8 Å². The van der Waals surface area contributed by atoms with Crippen molar-refractivity contribution in [3.05, 3.63) is 33.9 Å². The van der Waals surface area contributed by atoms with Crippen LogP contribution in [-0.4, -0.2) is 35.4 Å². The van der Waals surface area contributed by atoms with E-state index in [1.54, 1.807) is 6.92 Å². The topological polar surface area (TPSA) is 57.6 Å². The minimum absolute atomic E-state index is 0.0782. The van der Waals surface area contributed by atoms with Gasteiger partial charge >= 0.3 is 5.97 Å². The minimum atomic E-state index is -0.793. The first-order valence-corrected chi connectivity index (χ1v) is 6.75. The third-order valence-electron chi connectivity index (χ3n) is 3.62. The van der Waals surface area contributed by atoms with E-state index >= 15 is 0 Å². The van der Waals surface area contributed by atoms with E-state index in [0.717, 1.165) is 27.8 Å². The summed E-state index contributed by atoms with van der Waals surface area (Å²) < 4.78 is 0. The van der Waals surface area contributed by atoms with E-state index in [1.807, 2.05) is 38.8 Å². The summed E-state index contributed by atoms with van der Waals surface area (Å²) in [4.78, 5) is 24.3. The fraction of sp³-hybridized carbons (Fsp3) is 0.500. The molecule has 0 bridgehead atoms. The molecule has 0 atom stereocenters. The number of aliphatic carboxylic acids is 1. The lowest BCUT2D eigenvalue weighted by atomic mass is 9.91. The van der Waals surface area contributed by atoms with Gasteiger partial charge in [0.2, 0.25) is 0 Å². The molecule has 1 aromatic carbocycles. The monoisotopic (exact) mass is 277 g/mol. The van der Waals surface area contributed by atoms with Gasteiger partial charge in [0.25, 0.3) is 0 Å². The minimum Gasteiger partial charge on any atom is -0.481 e. The molecule has 0 aliphatic heterocycles. The molecule has 1 N–H and O–H groups in total. The van der Waals surface area contributed by atoms with Crippen LogP contribution >= 0.6 is 0 Å². The molecule has 0 aromatic heterocycles. The van der Waals surface area contributed by atoms with Crippen molar-refractivity contribution in [2.24, 2.45) is 0 Å². The first kappa shape index (κ1) is 16.4. The van der Waals surface area contributed by atoms with E-state index in [1.165, 1.54) is 0 Å². The van der Waals surface area contributed by atoms with Gasteiger partial charge in [0.05, 0.1) is 6.42 Å². The molecule has 0 aliphatic carbocycles. The maximum Gasteiger partial charge on any atom is 0.304 e. The van der Waals surface area contributed by atoms with Gasteiger partial charge in [-0.2, -0.15) is 0 Å². The smallest absolute Gasteiger partial charge is 0.304 e. The van der Waals surface area contributed by atoms with E-state index in [9.17, 15) is 9.59 Å². The number of Topliss-reactive ketones (excluding diaryl/α,β-unsaturated/α-hetero) is 1. The third kappa shape index (κ3) is 3.90. The average Bonchev–Trinajstić information content (AvgIpc) is 2.31. The molecule has 0 saturated heterocycles. The standard InChI is InChI=1S/C16H23NO3/c1-10-8-11(2)16(13(4)18)12(3)14(10)9-17(5)7-6-15(19)20/h8H,6-7,9H2,1-5H3,(H,19,20). The number of carboxylic acid groups (broad SMARTS) is 1. The fourth-order valence-electron chi connectivity index (χ4n) is 2.65. The zero-order valence-corrected chi connectivity index (χ0v) is 12.9. The Morgan fingerprint density at radius 1 is 1.20 bits per heavy atom. The second-order valence-electron chi connectivity index (χ2n) is 5.43. The van der Waals surface area contributed by atoms with Crippen LogP contribution in [0.1, 0.15) is 46.0 Å². The molecule has 0 saturated carbocycles. The van der Waals surface area contributed by atoms with E-state index in [-0.39, 0.29) is 12.2 Å². The summed E-state index contributed by atoms with van der Waals surface area (Å²) in [6, 6.07) is 2.03. The molecule has 0 radical (unpaired) electrons. The fourth-order valence-corrected chi connectivity index (χ4v) is 2.65. The van der Waals surface area contributed by atoms with Crippen molar-refractivity contribution in [1.29, 1.82) is 0 Å². The number of hydrogen-bond acceptors (Lipinski definition) is 3. The zero-order valence-electron chi connectivity index (χ0n) is 12.9. The molecule has 4 heteroatoms. The van der Waals surface area contributed by atoms with Crippen molar-refractivity contribution in [2.75, 3.05) is 13.6 Å². The molecular weight excluding hydrogens is 254 g/mol. The van der Waals surface area contributed by atoms with Gasteiger partial charge in [0.1, 0.15) is 0 Å². The van der Waals surface area contributed by atoms with Gasteiger partial charge in [0.15, 0.2) is 5.78 Å². The predicted octanol–water partition coefficient (Wildman–Crippen LogP) is 2.72. The molecule has 110 valence electrons. The molecule has 0 unspecified atom stereocenters. The summed E-state index contributed by atoms with van der Waals surface area (Å²) >= 11 is 0. The average molecular weight is 277 g/mol. The van der Waals surface area contributed by atoms with E-state index < -0.39 is 5.97 Å². The Morgan fingerprint density at radius 3 is 2.30 bits per heavy atom. The Kier molecular flexibility index (Phi) is 5.45. The highest BCUT2D eigenvalue weighted by molar-refractivity contribution is 5.97. The number of hydrogen-bond donors (Lipinski definition) is 1. The number of carboxylic acids is 1. The lowest BCUT2D eigenvalue weighted by molar-refractivity contribution is -0.137. The summed E-state index contributed by atoms with van der Waals surface area (Å²) in [5, 5.41) is 8.72. The highest BCUT2D eigenvalue weighted by Gasteiger charge is 2.15. The highest BCUT2D eigenvalue weighted by Crippen LogP contribution is 2.24. The van der Waals surface area contributed by atoms with Gasteiger partial charge in [0, 0.05) is 18.7 Å². The normalized spacial score (nSPS) is 10.9. The lowest BCUT2D eigenvalue weighted by Crippen LogP contribution is -2.23. The summed E-state index contributed by atoms with van der Waals surface area (Å²) in [5.74, 6) is -0.715. The van der Waals surface area contributed by atoms with Crippen LogP contribution < -0.4 is 0 Å². The number of benzene rings is 1. The van der Waals surface area contributed by atoms with Gasteiger partial charge in [-0.3, -0.25) is 9.59 Å². The highest BCUT2D eigenvalue weighted by atomic mass is 16.4. The first-order chi connectivity index (χ1) is 9.23. The Balaban J connectivity index is 3.03. The molecule has 20 heavy (non-hydrogen) atoms. The first-order valence-electron chi connectivity index (χ1n) is 6.75. The van der Waals surface area contributed by atoms with Crippen LogP contribution in [0.3, 0.4) is 0 Å². The lowest BCUT2D eigenvalue weighted by Gasteiger charge is -2.21. The quantitative estimate of drug-likeness (QED) is 0.812. The van der Waals surface area contributed by atoms with Crippen LogP contribution in [0.5, 0.6) is 0 Å². The molecule has 0 heterocycles. The van der Waals surface area contributed by atoms with Gasteiger partial charge in [-0.25, -0.2) is 0 Å². The van der Waals surface area contributed by atoms with Crippen LogP contribution in [0.4, 0.5) is 0 Å². The Labute approximate surface area is 120 Å². The molecule has 0 spiro atoms.